The molecule has 0 fully saturated rings. The van der Waals surface area contributed by atoms with E-state index in [-0.39, 0.29) is 0 Å². The van der Waals surface area contributed by atoms with Gasteiger partial charge in [0.1, 0.15) is 0 Å². The van der Waals surface area contributed by atoms with Crippen LogP contribution in [0.2, 0.25) is 0 Å². The van der Waals surface area contributed by atoms with Gasteiger partial charge >= 0.3 is 6.09 Å². The van der Waals surface area contributed by atoms with Crippen LogP contribution in [-0.2, 0) is 7.05 Å². The number of carbonyl (C=O) groups is 1. The lowest BCUT2D eigenvalue weighted by molar-refractivity contribution is 0.210. The molecule has 0 aliphatic carbocycles. The van der Waals surface area contributed by atoms with Crippen molar-refractivity contribution in [3.8, 4) is 11.1 Å². The molecule has 3 rings (SSSR count). The maximum absolute atomic E-state index is 10.6. The van der Waals surface area contributed by atoms with Crippen molar-refractivity contribution in [2.45, 2.75) is 0 Å². The average molecular weight is 267 g/mol. The third-order valence-corrected chi connectivity index (χ3v) is 3.24. The number of fused-ring (bicyclic) bond motifs is 1. The molecule has 0 bridgehead atoms. The smallest absolute Gasteiger partial charge is 0.409 e. The number of rotatable bonds is 2. The minimum atomic E-state index is -1.06. The Labute approximate surface area is 115 Å². The average Bonchev–Trinajstić information content (AvgIpc) is 2.77. The van der Waals surface area contributed by atoms with Crippen molar-refractivity contribution in [1.29, 1.82) is 0 Å². The second-order valence-corrected chi connectivity index (χ2v) is 4.55. The van der Waals surface area contributed by atoms with Crippen LogP contribution in [0, 0.1) is 0 Å². The summed E-state index contributed by atoms with van der Waals surface area (Å²) in [5.74, 6) is 0. The largest absolute Gasteiger partial charge is 0.465 e. The van der Waals surface area contributed by atoms with E-state index in [1.54, 1.807) is 18.3 Å². The molecule has 5 nitrogen and oxygen atoms in total. The predicted molar refractivity (Wildman–Crippen MR) is 77.8 cm³/mol. The van der Waals surface area contributed by atoms with Gasteiger partial charge in [0, 0.05) is 36.1 Å². The van der Waals surface area contributed by atoms with Crippen LogP contribution in [0.4, 0.5) is 10.5 Å². The lowest BCUT2D eigenvalue weighted by atomic mass is 10.1. The van der Waals surface area contributed by atoms with Crippen LogP contribution in [0.1, 0.15) is 0 Å². The van der Waals surface area contributed by atoms with Crippen molar-refractivity contribution in [3.05, 3.63) is 48.9 Å². The summed E-state index contributed by atoms with van der Waals surface area (Å²) in [5.41, 5.74) is 3.77. The van der Waals surface area contributed by atoms with Gasteiger partial charge in [0.2, 0.25) is 0 Å². The Morgan fingerprint density at radius 2 is 2.00 bits per heavy atom. The Morgan fingerprint density at radius 1 is 1.25 bits per heavy atom. The Bertz CT molecular complexity index is 775. The number of hydrogen-bond acceptors (Lipinski definition) is 2. The fraction of sp³-hybridized carbons (Fsp3) is 0.0667. The highest BCUT2D eigenvalue weighted by molar-refractivity contribution is 5.96. The van der Waals surface area contributed by atoms with Crippen LogP contribution in [-0.4, -0.2) is 20.8 Å². The number of aromatic nitrogens is 2. The summed E-state index contributed by atoms with van der Waals surface area (Å²) in [6.45, 7) is 0. The number of anilines is 1. The summed E-state index contributed by atoms with van der Waals surface area (Å²) in [7, 11) is 1.98. The first kappa shape index (κ1) is 12.2. The summed E-state index contributed by atoms with van der Waals surface area (Å²) >= 11 is 0. The van der Waals surface area contributed by atoms with E-state index in [9.17, 15) is 4.79 Å². The zero-order chi connectivity index (χ0) is 14.1. The first-order valence-electron chi connectivity index (χ1n) is 6.14. The van der Waals surface area contributed by atoms with E-state index in [1.807, 2.05) is 42.2 Å². The van der Waals surface area contributed by atoms with Gasteiger partial charge in [0.25, 0.3) is 0 Å². The van der Waals surface area contributed by atoms with Crippen molar-refractivity contribution >= 4 is 22.7 Å². The molecule has 0 unspecified atom stereocenters. The molecule has 2 heterocycles. The molecule has 2 N–H and O–H groups in total. The van der Waals surface area contributed by atoms with Crippen LogP contribution in [0.15, 0.2) is 48.9 Å². The molecule has 0 atom stereocenters. The molecule has 5 heteroatoms. The predicted octanol–water partition coefficient (Wildman–Crippen LogP) is 3.33. The van der Waals surface area contributed by atoms with Gasteiger partial charge in [-0.3, -0.25) is 10.3 Å². The van der Waals surface area contributed by atoms with Crippen molar-refractivity contribution in [2.75, 3.05) is 5.32 Å². The number of amides is 1. The van der Waals surface area contributed by atoms with E-state index >= 15 is 0 Å². The third kappa shape index (κ3) is 2.09. The lowest BCUT2D eigenvalue weighted by Crippen LogP contribution is -2.06. The van der Waals surface area contributed by atoms with Crippen LogP contribution in [0.3, 0.4) is 0 Å². The third-order valence-electron chi connectivity index (χ3n) is 3.24. The number of benzene rings is 1. The molecule has 2 aromatic heterocycles. The van der Waals surface area contributed by atoms with Crippen molar-refractivity contribution in [3.63, 3.8) is 0 Å². The molecule has 0 saturated carbocycles. The quantitative estimate of drug-likeness (QED) is 0.748. The monoisotopic (exact) mass is 267 g/mol. The fourth-order valence-electron chi connectivity index (χ4n) is 2.31. The van der Waals surface area contributed by atoms with E-state index in [4.69, 9.17) is 5.11 Å². The molecule has 0 aliphatic heterocycles. The number of aryl methyl sites for hydroxylation is 1. The molecule has 1 aromatic carbocycles. The van der Waals surface area contributed by atoms with Crippen LogP contribution in [0.5, 0.6) is 0 Å². The molecule has 3 aromatic rings. The van der Waals surface area contributed by atoms with E-state index in [2.05, 4.69) is 10.3 Å². The highest BCUT2D eigenvalue weighted by atomic mass is 16.4. The zero-order valence-corrected chi connectivity index (χ0v) is 10.9. The van der Waals surface area contributed by atoms with Crippen molar-refractivity contribution in [1.82, 2.24) is 9.55 Å². The lowest BCUT2D eigenvalue weighted by Gasteiger charge is -2.03. The standard InChI is InChI=1S/C15H13N3O2/c1-18-9-13(12-6-7-16-8-14(12)18)10-2-4-11(5-3-10)17-15(19)20/h2-9,17H,1H3,(H,19,20). The van der Waals surface area contributed by atoms with E-state index < -0.39 is 6.09 Å². The van der Waals surface area contributed by atoms with E-state index in [0.717, 1.165) is 22.0 Å². The van der Waals surface area contributed by atoms with Crippen LogP contribution in [0.25, 0.3) is 22.0 Å². The minimum absolute atomic E-state index is 0.558. The molecule has 1 amide bonds. The van der Waals surface area contributed by atoms with Gasteiger partial charge in [-0.15, -0.1) is 0 Å². The van der Waals surface area contributed by atoms with Crippen LogP contribution >= 0.6 is 0 Å². The van der Waals surface area contributed by atoms with E-state index in [0.29, 0.717) is 5.69 Å². The molecular formula is C15H13N3O2. The number of pyridine rings is 1. The van der Waals surface area contributed by atoms with Crippen molar-refractivity contribution < 1.29 is 9.90 Å². The van der Waals surface area contributed by atoms with E-state index in [1.165, 1.54) is 0 Å². The molecule has 0 radical (unpaired) electrons. The number of nitrogens with one attached hydrogen (secondary N) is 1. The molecule has 0 saturated heterocycles. The Hall–Kier alpha value is -2.82. The second-order valence-electron chi connectivity index (χ2n) is 4.55. The molecular weight excluding hydrogens is 254 g/mol. The number of hydrogen-bond donors (Lipinski definition) is 2. The van der Waals surface area contributed by atoms with Gasteiger partial charge in [-0.2, -0.15) is 0 Å². The van der Waals surface area contributed by atoms with Gasteiger partial charge in [-0.05, 0) is 23.8 Å². The van der Waals surface area contributed by atoms with Crippen molar-refractivity contribution in [2.24, 2.45) is 7.05 Å². The van der Waals surface area contributed by atoms with Gasteiger partial charge in [-0.25, -0.2) is 4.79 Å². The second kappa shape index (κ2) is 4.70. The number of carboxylic acid groups (broad SMARTS) is 1. The number of nitrogens with zero attached hydrogens (tertiary/aromatic N) is 2. The maximum Gasteiger partial charge on any atom is 0.409 e. The molecule has 100 valence electrons. The van der Waals surface area contributed by atoms with Gasteiger partial charge in [0.05, 0.1) is 11.7 Å². The zero-order valence-electron chi connectivity index (χ0n) is 10.9. The highest BCUT2D eigenvalue weighted by Gasteiger charge is 2.08. The van der Waals surface area contributed by atoms with Crippen LogP contribution < -0.4 is 5.32 Å². The molecule has 20 heavy (non-hydrogen) atoms. The Kier molecular flexibility index (Phi) is 2.87. The first-order valence-corrected chi connectivity index (χ1v) is 6.14. The van der Waals surface area contributed by atoms with Gasteiger partial charge in [0.15, 0.2) is 0 Å². The maximum atomic E-state index is 10.6. The Balaban J connectivity index is 2.05. The molecule has 0 aliphatic rings. The molecule has 0 spiro atoms. The SMILES string of the molecule is Cn1cc(-c2ccc(NC(=O)O)cc2)c2ccncc21. The van der Waals surface area contributed by atoms with Gasteiger partial charge < -0.3 is 9.67 Å². The fourth-order valence-corrected chi connectivity index (χ4v) is 2.31. The summed E-state index contributed by atoms with van der Waals surface area (Å²) in [6, 6.07) is 9.29. The minimum Gasteiger partial charge on any atom is -0.465 e. The summed E-state index contributed by atoms with van der Waals surface area (Å²) in [5, 5.41) is 12.1. The topological polar surface area (TPSA) is 67.2 Å². The summed E-state index contributed by atoms with van der Waals surface area (Å²) in [4.78, 5) is 14.7. The Morgan fingerprint density at radius 3 is 2.70 bits per heavy atom. The van der Waals surface area contributed by atoms with Gasteiger partial charge in [-0.1, -0.05) is 12.1 Å². The normalized spacial score (nSPS) is 10.7. The summed E-state index contributed by atoms with van der Waals surface area (Å²) in [6.07, 6.45) is 4.59. The summed E-state index contributed by atoms with van der Waals surface area (Å²) < 4.78 is 2.03. The first-order chi connectivity index (χ1) is 9.65. The highest BCUT2D eigenvalue weighted by Crippen LogP contribution is 2.30.